The van der Waals surface area contributed by atoms with Gasteiger partial charge in [-0.25, -0.2) is 19.7 Å². The number of alkyl carbamates (subject to hydrolysis) is 1. The van der Waals surface area contributed by atoms with E-state index in [0.29, 0.717) is 54.1 Å². The molecule has 0 bridgehead atoms. The van der Waals surface area contributed by atoms with E-state index in [1.807, 2.05) is 6.07 Å². The molecule has 12 heteroatoms. The normalized spacial score (nSPS) is 10.8. The Morgan fingerprint density at radius 1 is 1.21 bits per heavy atom. The minimum absolute atomic E-state index is 0.219. The quantitative estimate of drug-likeness (QED) is 0.400. The fraction of sp³-hybridized carbons (Fsp3) is 0.364. The van der Waals surface area contributed by atoms with Gasteiger partial charge in [0.2, 0.25) is 5.88 Å². The van der Waals surface area contributed by atoms with Crippen LogP contribution in [-0.2, 0) is 4.74 Å². The monoisotopic (exact) mass is 466 g/mol. The van der Waals surface area contributed by atoms with Crippen LogP contribution in [0.15, 0.2) is 30.7 Å². The molecule has 0 fully saturated rings. The number of H-pyrrole nitrogens is 1. The van der Waals surface area contributed by atoms with Gasteiger partial charge in [0.25, 0.3) is 0 Å². The van der Waals surface area contributed by atoms with Crippen molar-refractivity contribution in [2.45, 2.75) is 32.8 Å². The van der Waals surface area contributed by atoms with Crippen LogP contribution in [0.5, 0.6) is 11.6 Å². The third kappa shape index (κ3) is 6.80. The van der Waals surface area contributed by atoms with Crippen molar-refractivity contribution < 1.29 is 19.0 Å². The molecule has 0 saturated heterocycles. The van der Waals surface area contributed by atoms with Crippen LogP contribution in [0.25, 0.3) is 11.3 Å². The van der Waals surface area contributed by atoms with E-state index < -0.39 is 11.7 Å². The van der Waals surface area contributed by atoms with Gasteiger partial charge in [0.15, 0.2) is 11.5 Å². The SMILES string of the molecule is COc1ccnc(OCCCNC(=O)OC(C)(C)C)c1-c1cc(Nc2cnc(C#N)cn2)n[nH]1. The molecule has 0 aliphatic rings. The minimum Gasteiger partial charge on any atom is -0.496 e. The van der Waals surface area contributed by atoms with Crippen LogP contribution < -0.4 is 20.1 Å². The molecule has 178 valence electrons. The third-order valence-electron chi connectivity index (χ3n) is 4.20. The highest BCUT2D eigenvalue weighted by atomic mass is 16.6. The molecule has 1 amide bonds. The van der Waals surface area contributed by atoms with Crippen LogP contribution >= 0.6 is 0 Å². The number of anilines is 2. The summed E-state index contributed by atoms with van der Waals surface area (Å²) in [5.41, 5.74) is 0.869. The van der Waals surface area contributed by atoms with Crippen LogP contribution in [0, 0.1) is 11.3 Å². The summed E-state index contributed by atoms with van der Waals surface area (Å²) >= 11 is 0. The number of carbonyl (C=O) groups is 1. The molecule has 34 heavy (non-hydrogen) atoms. The largest absolute Gasteiger partial charge is 0.496 e. The smallest absolute Gasteiger partial charge is 0.407 e. The maximum atomic E-state index is 11.7. The molecule has 0 radical (unpaired) electrons. The maximum Gasteiger partial charge on any atom is 0.407 e. The van der Waals surface area contributed by atoms with Crippen molar-refractivity contribution in [2.24, 2.45) is 0 Å². The van der Waals surface area contributed by atoms with Gasteiger partial charge in [0.05, 0.1) is 31.8 Å². The molecule has 3 rings (SSSR count). The summed E-state index contributed by atoms with van der Waals surface area (Å²) in [5.74, 6) is 1.81. The summed E-state index contributed by atoms with van der Waals surface area (Å²) in [4.78, 5) is 24.1. The van der Waals surface area contributed by atoms with Gasteiger partial charge in [0, 0.05) is 18.8 Å². The number of nitriles is 1. The number of amides is 1. The molecule has 3 heterocycles. The van der Waals surface area contributed by atoms with Crippen LogP contribution in [0.4, 0.5) is 16.4 Å². The molecular formula is C22H26N8O4. The van der Waals surface area contributed by atoms with Gasteiger partial charge in [-0.15, -0.1) is 0 Å². The second-order valence-electron chi connectivity index (χ2n) is 8.01. The molecular weight excluding hydrogens is 440 g/mol. The fourth-order valence-corrected chi connectivity index (χ4v) is 2.79. The van der Waals surface area contributed by atoms with Gasteiger partial charge < -0.3 is 24.8 Å². The van der Waals surface area contributed by atoms with E-state index in [1.54, 1.807) is 46.2 Å². The zero-order valence-corrected chi connectivity index (χ0v) is 19.4. The molecule has 3 aromatic rings. The summed E-state index contributed by atoms with van der Waals surface area (Å²) in [5, 5.41) is 21.7. The standard InChI is InChI=1S/C22H26N8O4/c1-22(2,3)34-21(31)25-7-5-9-33-20-19(16(32-4)6-8-24-20)15-10-17(30-29-15)28-18-13-26-14(11-23)12-27-18/h6,8,10,12-13H,5,7,9H2,1-4H3,(H,25,31)(H2,27,28,29,30). The summed E-state index contributed by atoms with van der Waals surface area (Å²) in [6.07, 6.45) is 4.46. The molecule has 0 saturated carbocycles. The summed E-state index contributed by atoms with van der Waals surface area (Å²) < 4.78 is 16.6. The first kappa shape index (κ1) is 24.2. The first-order valence-corrected chi connectivity index (χ1v) is 10.5. The zero-order chi connectivity index (χ0) is 24.6. The Bertz CT molecular complexity index is 1150. The Kier molecular flexibility index (Phi) is 7.81. The van der Waals surface area contributed by atoms with Gasteiger partial charge in [-0.3, -0.25) is 5.10 Å². The van der Waals surface area contributed by atoms with E-state index in [9.17, 15) is 4.79 Å². The van der Waals surface area contributed by atoms with E-state index >= 15 is 0 Å². The van der Waals surface area contributed by atoms with Crippen molar-refractivity contribution in [2.75, 3.05) is 25.6 Å². The van der Waals surface area contributed by atoms with Crippen molar-refractivity contribution in [1.29, 1.82) is 5.26 Å². The van der Waals surface area contributed by atoms with Gasteiger partial charge in [-0.1, -0.05) is 0 Å². The summed E-state index contributed by atoms with van der Waals surface area (Å²) in [6, 6.07) is 5.38. The van der Waals surface area contributed by atoms with Crippen LogP contribution in [-0.4, -0.2) is 57.1 Å². The van der Waals surface area contributed by atoms with Crippen molar-refractivity contribution in [1.82, 2.24) is 30.5 Å². The Morgan fingerprint density at radius 2 is 2.03 bits per heavy atom. The molecule has 0 aromatic carbocycles. The molecule has 12 nitrogen and oxygen atoms in total. The van der Waals surface area contributed by atoms with Crippen LogP contribution in [0.3, 0.4) is 0 Å². The predicted octanol–water partition coefficient (Wildman–Crippen LogP) is 3.18. The second kappa shape index (κ2) is 11.0. The lowest BCUT2D eigenvalue weighted by molar-refractivity contribution is 0.0525. The molecule has 0 aliphatic heterocycles. The Labute approximate surface area is 196 Å². The van der Waals surface area contributed by atoms with E-state index in [-0.39, 0.29) is 5.69 Å². The van der Waals surface area contributed by atoms with Crippen LogP contribution in [0.2, 0.25) is 0 Å². The van der Waals surface area contributed by atoms with Crippen molar-refractivity contribution in [3.8, 4) is 29.0 Å². The van der Waals surface area contributed by atoms with E-state index in [2.05, 4.69) is 35.8 Å². The third-order valence-corrected chi connectivity index (χ3v) is 4.20. The van der Waals surface area contributed by atoms with Gasteiger partial charge in [-0.2, -0.15) is 10.4 Å². The molecule has 3 aromatic heterocycles. The number of aromatic amines is 1. The lowest BCUT2D eigenvalue weighted by Crippen LogP contribution is -2.33. The highest BCUT2D eigenvalue weighted by Crippen LogP contribution is 2.36. The predicted molar refractivity (Wildman–Crippen MR) is 123 cm³/mol. The average molecular weight is 467 g/mol. The van der Waals surface area contributed by atoms with E-state index in [4.69, 9.17) is 19.5 Å². The Balaban J connectivity index is 1.64. The number of ether oxygens (including phenoxy) is 3. The number of hydrogen-bond acceptors (Lipinski definition) is 10. The highest BCUT2D eigenvalue weighted by molar-refractivity contribution is 5.74. The molecule has 3 N–H and O–H groups in total. The van der Waals surface area contributed by atoms with Gasteiger partial charge in [-0.05, 0) is 33.3 Å². The lowest BCUT2D eigenvalue weighted by atomic mass is 10.2. The van der Waals surface area contributed by atoms with Gasteiger partial charge >= 0.3 is 6.09 Å². The highest BCUT2D eigenvalue weighted by Gasteiger charge is 2.18. The van der Waals surface area contributed by atoms with Crippen LogP contribution in [0.1, 0.15) is 32.9 Å². The number of pyridine rings is 1. The van der Waals surface area contributed by atoms with Gasteiger partial charge in [0.1, 0.15) is 28.8 Å². The molecule has 0 atom stereocenters. The number of hydrogen-bond donors (Lipinski definition) is 3. The molecule has 0 aliphatic carbocycles. The Morgan fingerprint density at radius 3 is 2.71 bits per heavy atom. The summed E-state index contributed by atoms with van der Waals surface area (Å²) in [7, 11) is 1.55. The first-order chi connectivity index (χ1) is 16.3. The first-order valence-electron chi connectivity index (χ1n) is 10.5. The van der Waals surface area contributed by atoms with Crippen molar-refractivity contribution >= 4 is 17.7 Å². The zero-order valence-electron chi connectivity index (χ0n) is 19.4. The number of rotatable bonds is 9. The number of nitrogens with zero attached hydrogens (tertiary/aromatic N) is 5. The number of aromatic nitrogens is 5. The van der Waals surface area contributed by atoms with E-state index in [0.717, 1.165) is 0 Å². The number of nitrogens with one attached hydrogen (secondary N) is 3. The number of carbonyl (C=O) groups excluding carboxylic acids is 1. The maximum absolute atomic E-state index is 11.7. The van der Waals surface area contributed by atoms with Crippen molar-refractivity contribution in [3.63, 3.8) is 0 Å². The minimum atomic E-state index is -0.551. The second-order valence-corrected chi connectivity index (χ2v) is 8.01. The Hall–Kier alpha value is -4.40. The fourth-order valence-electron chi connectivity index (χ4n) is 2.79. The lowest BCUT2D eigenvalue weighted by Gasteiger charge is -2.19. The topological polar surface area (TPSA) is 160 Å². The molecule has 0 spiro atoms. The average Bonchev–Trinajstić information content (AvgIpc) is 3.25. The number of methoxy groups -OCH3 is 1. The van der Waals surface area contributed by atoms with E-state index in [1.165, 1.54) is 12.4 Å². The molecule has 0 unspecified atom stereocenters. The summed E-state index contributed by atoms with van der Waals surface area (Å²) in [6.45, 7) is 6.11. The van der Waals surface area contributed by atoms with Crippen molar-refractivity contribution in [3.05, 3.63) is 36.4 Å².